The molecule has 0 spiro atoms. The summed E-state index contributed by atoms with van der Waals surface area (Å²) >= 11 is 0. The first-order valence-electron chi connectivity index (χ1n) is 12.2. The molecule has 3 unspecified atom stereocenters. The summed E-state index contributed by atoms with van der Waals surface area (Å²) in [6.45, 7) is 3.13. The molecule has 32 heavy (non-hydrogen) atoms. The van der Waals surface area contributed by atoms with Crippen molar-refractivity contribution >= 4 is 11.8 Å². The molecule has 4 rings (SSSR count). The van der Waals surface area contributed by atoms with Crippen molar-refractivity contribution in [2.45, 2.75) is 83.5 Å². The predicted octanol–water partition coefficient (Wildman–Crippen LogP) is 1.75. The van der Waals surface area contributed by atoms with Crippen LogP contribution in [0.15, 0.2) is 11.6 Å². The Labute approximate surface area is 189 Å². The van der Waals surface area contributed by atoms with E-state index in [1.165, 1.54) is 0 Å². The van der Waals surface area contributed by atoms with Gasteiger partial charge in [-0.15, -0.1) is 0 Å². The normalized spacial score (nSPS) is 42.9. The van der Waals surface area contributed by atoms with E-state index in [4.69, 9.17) is 4.74 Å². The van der Waals surface area contributed by atoms with Crippen molar-refractivity contribution in [2.75, 3.05) is 13.2 Å². The molecule has 0 aromatic rings. The standard InChI is InChI=1S/C25H38O7/c1-3-22(31)32-23(20(29)12-26)16-11-25(13-27)14(10-19(16)28)4-5-15-17-6-7-21(30)24(17,2)9-8-18(15)25/h10,15-18,20-21,23,26-27,29-30H,3-9,11-13H2,1-2H3/t15-,16?,17-,18-,20?,21-,23?,24-,25+/m0/s1. The summed E-state index contributed by atoms with van der Waals surface area (Å²) < 4.78 is 5.45. The van der Waals surface area contributed by atoms with Gasteiger partial charge < -0.3 is 25.2 Å². The molecular weight excluding hydrogens is 412 g/mol. The average molecular weight is 451 g/mol. The zero-order valence-electron chi connectivity index (χ0n) is 19.2. The van der Waals surface area contributed by atoms with Crippen LogP contribution >= 0.6 is 0 Å². The van der Waals surface area contributed by atoms with Gasteiger partial charge in [-0.3, -0.25) is 9.59 Å². The van der Waals surface area contributed by atoms with Gasteiger partial charge >= 0.3 is 5.97 Å². The van der Waals surface area contributed by atoms with Crippen molar-refractivity contribution < 1.29 is 34.8 Å². The fraction of sp³-hybridized carbons (Fsp3) is 0.840. The molecule has 7 nitrogen and oxygen atoms in total. The van der Waals surface area contributed by atoms with E-state index >= 15 is 0 Å². The van der Waals surface area contributed by atoms with Gasteiger partial charge in [-0.05, 0) is 74.2 Å². The van der Waals surface area contributed by atoms with Crippen LogP contribution < -0.4 is 0 Å². The van der Waals surface area contributed by atoms with Crippen LogP contribution in [0.25, 0.3) is 0 Å². The van der Waals surface area contributed by atoms with E-state index in [2.05, 4.69) is 6.92 Å². The van der Waals surface area contributed by atoms with Crippen LogP contribution in [0.2, 0.25) is 0 Å². The molecule has 180 valence electrons. The summed E-state index contributed by atoms with van der Waals surface area (Å²) in [4.78, 5) is 25.1. The van der Waals surface area contributed by atoms with Crippen LogP contribution in [0.5, 0.6) is 0 Å². The van der Waals surface area contributed by atoms with E-state index in [-0.39, 0.29) is 36.2 Å². The number of aliphatic hydroxyl groups is 4. The van der Waals surface area contributed by atoms with E-state index in [1.807, 2.05) is 0 Å². The molecule has 0 amide bonds. The number of carbonyl (C=O) groups excluding carboxylic acids is 2. The molecule has 3 saturated carbocycles. The largest absolute Gasteiger partial charge is 0.459 e. The molecule has 9 atom stereocenters. The number of esters is 1. The van der Waals surface area contributed by atoms with E-state index in [1.54, 1.807) is 13.0 Å². The van der Waals surface area contributed by atoms with Gasteiger partial charge in [0.1, 0.15) is 12.2 Å². The minimum atomic E-state index is -1.36. The number of hydrogen-bond donors (Lipinski definition) is 4. The molecule has 0 aromatic heterocycles. The highest BCUT2D eigenvalue weighted by Crippen LogP contribution is 2.65. The number of ether oxygens (including phenoxy) is 1. The zero-order valence-corrected chi connectivity index (χ0v) is 19.2. The quantitative estimate of drug-likeness (QED) is 0.455. The number of rotatable bonds is 6. The third-order valence-corrected chi connectivity index (χ3v) is 9.55. The summed E-state index contributed by atoms with van der Waals surface area (Å²) in [6.07, 6.45) is 4.52. The Morgan fingerprint density at radius 2 is 1.97 bits per heavy atom. The van der Waals surface area contributed by atoms with Gasteiger partial charge in [0.25, 0.3) is 0 Å². The third-order valence-electron chi connectivity index (χ3n) is 9.55. The second kappa shape index (κ2) is 8.82. The number of hydrogen-bond acceptors (Lipinski definition) is 7. The Hall–Kier alpha value is -1.28. The smallest absolute Gasteiger partial charge is 0.305 e. The predicted molar refractivity (Wildman–Crippen MR) is 116 cm³/mol. The molecule has 4 aliphatic carbocycles. The molecular formula is C25H38O7. The number of ketones is 1. The van der Waals surface area contributed by atoms with Gasteiger partial charge in [0.15, 0.2) is 5.78 Å². The lowest BCUT2D eigenvalue weighted by atomic mass is 9.46. The van der Waals surface area contributed by atoms with E-state index in [9.17, 15) is 30.0 Å². The lowest BCUT2D eigenvalue weighted by Crippen LogP contribution is -2.56. The van der Waals surface area contributed by atoms with Gasteiger partial charge in [-0.2, -0.15) is 0 Å². The second-order valence-corrected chi connectivity index (χ2v) is 10.8. The topological polar surface area (TPSA) is 124 Å². The van der Waals surface area contributed by atoms with Crippen molar-refractivity contribution in [3.8, 4) is 0 Å². The van der Waals surface area contributed by atoms with Crippen LogP contribution in [0, 0.1) is 34.5 Å². The SMILES string of the molecule is CCC(=O)OC(C(O)CO)C1C[C@@]2(CO)C(=CC1=O)CC[C@@H]1[C@@H]2CC[C@]2(C)[C@@H](O)CC[C@@H]12. The Balaban J connectivity index is 1.68. The maximum absolute atomic E-state index is 13.1. The summed E-state index contributed by atoms with van der Waals surface area (Å²) in [5, 5.41) is 41.4. The summed E-state index contributed by atoms with van der Waals surface area (Å²) in [7, 11) is 0. The van der Waals surface area contributed by atoms with Gasteiger partial charge in [0.2, 0.25) is 0 Å². The maximum Gasteiger partial charge on any atom is 0.305 e. The lowest BCUT2D eigenvalue weighted by Gasteiger charge is -2.59. The highest BCUT2D eigenvalue weighted by Gasteiger charge is 2.61. The highest BCUT2D eigenvalue weighted by molar-refractivity contribution is 5.94. The Kier molecular flexibility index (Phi) is 6.58. The molecule has 4 N–H and O–H groups in total. The minimum Gasteiger partial charge on any atom is -0.459 e. The van der Waals surface area contributed by atoms with E-state index in [0.29, 0.717) is 18.3 Å². The lowest BCUT2D eigenvalue weighted by molar-refractivity contribution is -0.167. The molecule has 0 bridgehead atoms. The van der Waals surface area contributed by atoms with E-state index < -0.39 is 36.1 Å². The summed E-state index contributed by atoms with van der Waals surface area (Å²) in [6, 6.07) is 0. The van der Waals surface area contributed by atoms with Crippen molar-refractivity contribution in [2.24, 2.45) is 34.5 Å². The fourth-order valence-electron chi connectivity index (χ4n) is 7.76. The van der Waals surface area contributed by atoms with Crippen LogP contribution in [0.4, 0.5) is 0 Å². The molecule has 0 aromatic carbocycles. The Morgan fingerprint density at radius 1 is 1.22 bits per heavy atom. The molecule has 3 fully saturated rings. The molecule has 7 heteroatoms. The molecule has 0 heterocycles. The van der Waals surface area contributed by atoms with Gasteiger partial charge in [-0.25, -0.2) is 0 Å². The van der Waals surface area contributed by atoms with Crippen molar-refractivity contribution in [1.82, 2.24) is 0 Å². The Bertz CT molecular complexity index is 778. The summed E-state index contributed by atoms with van der Waals surface area (Å²) in [5.74, 6) is -0.596. The number of aliphatic hydroxyl groups excluding tert-OH is 4. The fourth-order valence-corrected chi connectivity index (χ4v) is 7.76. The average Bonchev–Trinajstić information content (AvgIpc) is 3.10. The molecule has 0 saturated heterocycles. The first-order chi connectivity index (χ1) is 15.2. The monoisotopic (exact) mass is 450 g/mol. The molecule has 0 aliphatic heterocycles. The highest BCUT2D eigenvalue weighted by atomic mass is 16.6. The van der Waals surface area contributed by atoms with Crippen LogP contribution in [-0.2, 0) is 14.3 Å². The molecule has 0 radical (unpaired) electrons. The van der Waals surface area contributed by atoms with Gasteiger partial charge in [-0.1, -0.05) is 19.4 Å². The molecule has 4 aliphatic rings. The van der Waals surface area contributed by atoms with Crippen molar-refractivity contribution in [3.05, 3.63) is 11.6 Å². The maximum atomic E-state index is 13.1. The van der Waals surface area contributed by atoms with Crippen molar-refractivity contribution in [1.29, 1.82) is 0 Å². The first kappa shape index (κ1) is 23.9. The number of carbonyl (C=O) groups is 2. The Morgan fingerprint density at radius 3 is 2.62 bits per heavy atom. The summed E-state index contributed by atoms with van der Waals surface area (Å²) in [5.41, 5.74) is 0.293. The van der Waals surface area contributed by atoms with Crippen molar-refractivity contribution in [3.63, 3.8) is 0 Å². The van der Waals surface area contributed by atoms with Crippen LogP contribution in [0.3, 0.4) is 0 Å². The zero-order chi connectivity index (χ0) is 23.3. The number of fused-ring (bicyclic) bond motifs is 5. The first-order valence-corrected chi connectivity index (χ1v) is 12.2. The van der Waals surface area contributed by atoms with Gasteiger partial charge in [0, 0.05) is 11.8 Å². The van der Waals surface area contributed by atoms with Gasteiger partial charge in [0.05, 0.1) is 25.2 Å². The van der Waals surface area contributed by atoms with E-state index in [0.717, 1.165) is 44.1 Å². The van der Waals surface area contributed by atoms with Crippen LogP contribution in [-0.4, -0.2) is 63.7 Å². The minimum absolute atomic E-state index is 0.0881. The second-order valence-electron chi connectivity index (χ2n) is 10.8. The third kappa shape index (κ3) is 3.56. The van der Waals surface area contributed by atoms with Crippen LogP contribution in [0.1, 0.15) is 65.2 Å².